The molecule has 0 heterocycles. The van der Waals surface area contributed by atoms with Gasteiger partial charge in [0.15, 0.2) is 3.79 Å². The van der Waals surface area contributed by atoms with Crippen molar-refractivity contribution in [1.29, 1.82) is 5.26 Å². The van der Waals surface area contributed by atoms with E-state index in [1.807, 2.05) is 24.3 Å². The molecule has 1 nitrogen and oxygen atoms in total. The third-order valence-corrected chi connectivity index (χ3v) is 4.36. The highest BCUT2D eigenvalue weighted by Gasteiger charge is 2.07. The lowest BCUT2D eigenvalue weighted by Crippen LogP contribution is -1.87. The van der Waals surface area contributed by atoms with Crippen LogP contribution in [0.15, 0.2) is 30.3 Å². The number of hydrogen-bond donors (Lipinski definition) is 0. The summed E-state index contributed by atoms with van der Waals surface area (Å²) in [5.41, 5.74) is 0.715. The molecule has 0 fully saturated rings. The molecule has 0 amide bonds. The van der Waals surface area contributed by atoms with Gasteiger partial charge in [0.2, 0.25) is 0 Å². The van der Waals surface area contributed by atoms with E-state index in [4.69, 9.17) is 40.1 Å². The number of hydrogen-bond acceptors (Lipinski definition) is 1. The Morgan fingerprint density at radius 2 is 0.931 bits per heavy atom. The van der Waals surface area contributed by atoms with E-state index in [0.29, 0.717) is 5.56 Å². The SMILES string of the molecule is CC(Cl)(Cl)Cl.CCCCCCCCCCCCCCCC.N#Cc1ccccc1. The van der Waals surface area contributed by atoms with Gasteiger partial charge in [-0.15, -0.1) is 0 Å². The van der Waals surface area contributed by atoms with Crippen LogP contribution in [0.5, 0.6) is 0 Å². The fraction of sp³-hybridized carbons (Fsp3) is 0.720. The molecule has 1 aromatic rings. The Balaban J connectivity index is 0. The Kier molecular flexibility index (Phi) is 25.3. The van der Waals surface area contributed by atoms with Gasteiger partial charge >= 0.3 is 0 Å². The lowest BCUT2D eigenvalue weighted by Gasteiger charge is -2.02. The molecule has 4 heteroatoms. The van der Waals surface area contributed by atoms with Crippen molar-refractivity contribution in [2.75, 3.05) is 0 Å². The van der Waals surface area contributed by atoms with E-state index in [0.717, 1.165) is 0 Å². The maximum Gasteiger partial charge on any atom is 0.187 e. The van der Waals surface area contributed by atoms with Gasteiger partial charge < -0.3 is 0 Å². The van der Waals surface area contributed by atoms with Gasteiger partial charge in [-0.3, -0.25) is 0 Å². The van der Waals surface area contributed by atoms with Gasteiger partial charge in [0.1, 0.15) is 0 Å². The maximum absolute atomic E-state index is 8.29. The van der Waals surface area contributed by atoms with E-state index >= 15 is 0 Å². The molecule has 0 radical (unpaired) electrons. The second kappa shape index (κ2) is 23.9. The summed E-state index contributed by atoms with van der Waals surface area (Å²) in [6.45, 7) is 6.06. The molecule has 0 atom stereocenters. The normalized spacial score (nSPS) is 10.2. The molecule has 0 aromatic heterocycles. The van der Waals surface area contributed by atoms with Crippen molar-refractivity contribution in [2.45, 2.75) is 114 Å². The van der Waals surface area contributed by atoms with Gasteiger partial charge in [-0.1, -0.05) is 157 Å². The average molecular weight is 463 g/mol. The number of rotatable bonds is 13. The van der Waals surface area contributed by atoms with Crippen LogP contribution >= 0.6 is 34.8 Å². The molecule has 0 saturated carbocycles. The van der Waals surface area contributed by atoms with Gasteiger partial charge in [-0.2, -0.15) is 5.26 Å². The summed E-state index contributed by atoms with van der Waals surface area (Å²) >= 11 is 15.2. The summed E-state index contributed by atoms with van der Waals surface area (Å²) in [6.07, 6.45) is 20.4. The smallest absolute Gasteiger partial charge is 0.187 e. The molecule has 1 rings (SSSR count). The first-order chi connectivity index (χ1) is 13.8. The molecule has 0 aliphatic heterocycles. The van der Waals surface area contributed by atoms with Gasteiger partial charge in [-0.05, 0) is 19.1 Å². The van der Waals surface area contributed by atoms with Crippen LogP contribution < -0.4 is 0 Å². The highest BCUT2D eigenvalue weighted by atomic mass is 35.6. The molecule has 0 aliphatic rings. The van der Waals surface area contributed by atoms with Crippen LogP contribution in [0.2, 0.25) is 0 Å². The monoisotopic (exact) mass is 461 g/mol. The molecule has 0 spiro atoms. The molecule has 1 aromatic carbocycles. The first kappa shape index (κ1) is 30.8. The molecule has 0 N–H and O–H groups in total. The van der Waals surface area contributed by atoms with Crippen LogP contribution in [0.1, 0.15) is 116 Å². The summed E-state index contributed by atoms with van der Waals surface area (Å²) in [7, 11) is 0. The van der Waals surface area contributed by atoms with E-state index < -0.39 is 3.79 Å². The molecule has 0 unspecified atom stereocenters. The Morgan fingerprint density at radius 3 is 1.14 bits per heavy atom. The van der Waals surface area contributed by atoms with E-state index in [1.165, 1.54) is 96.8 Å². The number of nitriles is 1. The van der Waals surface area contributed by atoms with E-state index in [9.17, 15) is 0 Å². The number of alkyl halides is 3. The molecule has 0 aliphatic carbocycles. The zero-order chi connectivity index (χ0) is 22.2. The average Bonchev–Trinajstić information content (AvgIpc) is 2.69. The molecular formula is C25H42Cl3N. The van der Waals surface area contributed by atoms with Gasteiger partial charge in [0.25, 0.3) is 0 Å². The predicted octanol–water partition coefficient (Wildman–Crippen LogP) is 10.4. The van der Waals surface area contributed by atoms with Crippen molar-refractivity contribution in [2.24, 2.45) is 0 Å². The highest BCUT2D eigenvalue weighted by Crippen LogP contribution is 2.23. The van der Waals surface area contributed by atoms with Crippen molar-refractivity contribution >= 4 is 34.8 Å². The summed E-state index contributed by atoms with van der Waals surface area (Å²) in [6, 6.07) is 11.2. The third kappa shape index (κ3) is 35.4. The standard InChI is InChI=1S/C16H34.C7H5N.C2H3Cl3/c1-3-5-7-9-11-13-15-16-14-12-10-8-6-4-2;8-6-7-4-2-1-3-5-7;1-2(3,4)5/h3-16H2,1-2H3;1-5H;1H3. The first-order valence-corrected chi connectivity index (χ1v) is 12.5. The fourth-order valence-corrected chi connectivity index (χ4v) is 2.78. The van der Waals surface area contributed by atoms with Crippen molar-refractivity contribution in [3.63, 3.8) is 0 Å². The van der Waals surface area contributed by atoms with Crippen molar-refractivity contribution in [3.8, 4) is 6.07 Å². The van der Waals surface area contributed by atoms with Gasteiger partial charge in [0, 0.05) is 0 Å². The van der Waals surface area contributed by atoms with Gasteiger partial charge in [0.05, 0.1) is 11.6 Å². The number of halogens is 3. The summed E-state index contributed by atoms with van der Waals surface area (Å²) < 4.78 is -1.08. The Bertz CT molecular complexity index is 443. The zero-order valence-electron chi connectivity index (χ0n) is 18.9. The van der Waals surface area contributed by atoms with Crippen LogP contribution in [0.25, 0.3) is 0 Å². The quantitative estimate of drug-likeness (QED) is 0.211. The Morgan fingerprint density at radius 1 is 0.655 bits per heavy atom. The van der Waals surface area contributed by atoms with Crippen LogP contribution in [0, 0.1) is 11.3 Å². The third-order valence-electron chi connectivity index (χ3n) is 4.36. The summed E-state index contributed by atoms with van der Waals surface area (Å²) in [5, 5.41) is 8.29. The highest BCUT2D eigenvalue weighted by molar-refractivity contribution is 6.67. The molecular weight excluding hydrogens is 421 g/mol. The van der Waals surface area contributed by atoms with E-state index in [2.05, 4.69) is 13.8 Å². The minimum Gasteiger partial charge on any atom is -0.192 e. The topological polar surface area (TPSA) is 23.8 Å². The lowest BCUT2D eigenvalue weighted by atomic mass is 10.0. The van der Waals surface area contributed by atoms with Crippen LogP contribution in [-0.4, -0.2) is 3.79 Å². The van der Waals surface area contributed by atoms with E-state index in [-0.39, 0.29) is 0 Å². The van der Waals surface area contributed by atoms with E-state index in [1.54, 1.807) is 12.1 Å². The number of nitrogens with zero attached hydrogens (tertiary/aromatic N) is 1. The lowest BCUT2D eigenvalue weighted by molar-refractivity contribution is 0.538. The molecule has 29 heavy (non-hydrogen) atoms. The minimum absolute atomic E-state index is 0.715. The fourth-order valence-electron chi connectivity index (χ4n) is 2.78. The van der Waals surface area contributed by atoms with Crippen molar-refractivity contribution < 1.29 is 0 Å². The molecule has 0 bridgehead atoms. The van der Waals surface area contributed by atoms with Crippen LogP contribution in [0.3, 0.4) is 0 Å². The summed E-state index contributed by atoms with van der Waals surface area (Å²) in [4.78, 5) is 0. The Hall–Kier alpha value is -0.420. The summed E-state index contributed by atoms with van der Waals surface area (Å²) in [5.74, 6) is 0. The zero-order valence-corrected chi connectivity index (χ0v) is 21.1. The number of benzene rings is 1. The van der Waals surface area contributed by atoms with Crippen LogP contribution in [0.4, 0.5) is 0 Å². The second-order valence-electron chi connectivity index (χ2n) is 7.50. The Labute approximate surface area is 196 Å². The second-order valence-corrected chi connectivity index (χ2v) is 10.3. The van der Waals surface area contributed by atoms with Crippen molar-refractivity contribution in [3.05, 3.63) is 35.9 Å². The van der Waals surface area contributed by atoms with Gasteiger partial charge in [-0.25, -0.2) is 0 Å². The largest absolute Gasteiger partial charge is 0.192 e. The number of unbranched alkanes of at least 4 members (excludes halogenated alkanes) is 13. The molecule has 0 saturated heterocycles. The van der Waals surface area contributed by atoms with Crippen LogP contribution in [-0.2, 0) is 0 Å². The first-order valence-electron chi connectivity index (χ1n) is 11.4. The predicted molar refractivity (Wildman–Crippen MR) is 133 cm³/mol. The molecule has 168 valence electrons. The van der Waals surface area contributed by atoms with Crippen molar-refractivity contribution in [1.82, 2.24) is 0 Å². The minimum atomic E-state index is -1.08. The maximum atomic E-state index is 8.29.